The number of carbonyl (C=O) groups is 2. The molecule has 0 unspecified atom stereocenters. The molecule has 2 aromatic carbocycles. The van der Waals surface area contributed by atoms with Gasteiger partial charge in [-0.2, -0.15) is 0 Å². The topological polar surface area (TPSA) is 43.9 Å². The Labute approximate surface area is 159 Å². The zero-order chi connectivity index (χ0) is 18.7. The van der Waals surface area contributed by atoms with Gasteiger partial charge in [0, 0.05) is 13.1 Å². The number of nitrogens with zero attached hydrogens (tertiary/aromatic N) is 3. The second-order valence-electron chi connectivity index (χ2n) is 7.86. The van der Waals surface area contributed by atoms with Crippen molar-refractivity contribution in [3.63, 3.8) is 0 Å². The predicted octanol–water partition coefficient (Wildman–Crippen LogP) is 2.84. The van der Waals surface area contributed by atoms with Crippen LogP contribution < -0.4 is 4.90 Å². The highest BCUT2D eigenvalue weighted by Crippen LogP contribution is 2.48. The zero-order valence-electron chi connectivity index (χ0n) is 15.6. The summed E-state index contributed by atoms with van der Waals surface area (Å²) in [4.78, 5) is 28.2. The van der Waals surface area contributed by atoms with Gasteiger partial charge in [0.25, 0.3) is 5.91 Å². The molecule has 138 valence electrons. The van der Waals surface area contributed by atoms with Crippen molar-refractivity contribution in [2.75, 3.05) is 18.0 Å². The van der Waals surface area contributed by atoms with Crippen LogP contribution in [0, 0.1) is 19.8 Å². The second kappa shape index (κ2) is 6.01. The number of aryl methyl sites for hydroxylation is 2. The molecule has 3 fully saturated rings. The minimum absolute atomic E-state index is 0.0654. The van der Waals surface area contributed by atoms with Crippen molar-refractivity contribution in [3.05, 3.63) is 65.2 Å². The first kappa shape index (κ1) is 16.7. The number of imide groups is 1. The Morgan fingerprint density at radius 2 is 1.52 bits per heavy atom. The van der Waals surface area contributed by atoms with Gasteiger partial charge in [0.15, 0.2) is 0 Å². The Bertz CT molecular complexity index is 923. The summed E-state index contributed by atoms with van der Waals surface area (Å²) in [7, 11) is 0. The molecule has 0 radical (unpaired) electrons. The van der Waals surface area contributed by atoms with E-state index in [2.05, 4.69) is 41.2 Å². The smallest absolute Gasteiger partial charge is 0.253 e. The number of benzene rings is 2. The minimum atomic E-state index is -0.383. The summed E-state index contributed by atoms with van der Waals surface area (Å²) in [6.45, 7) is 5.78. The van der Waals surface area contributed by atoms with Crippen molar-refractivity contribution in [1.29, 1.82) is 0 Å². The molecular formula is C22H23N3O2. The number of anilines is 1. The molecule has 3 aliphatic heterocycles. The highest BCUT2D eigenvalue weighted by atomic mass is 16.2. The molecule has 0 spiro atoms. The van der Waals surface area contributed by atoms with E-state index in [9.17, 15) is 9.59 Å². The molecule has 27 heavy (non-hydrogen) atoms. The first-order chi connectivity index (χ1) is 13.1. The van der Waals surface area contributed by atoms with Crippen LogP contribution in [0.4, 0.5) is 5.69 Å². The number of hydrazine groups is 1. The third kappa shape index (κ3) is 2.38. The van der Waals surface area contributed by atoms with E-state index in [0.29, 0.717) is 5.69 Å². The largest absolute Gasteiger partial charge is 0.274 e. The van der Waals surface area contributed by atoms with E-state index in [1.165, 1.54) is 10.5 Å². The van der Waals surface area contributed by atoms with Crippen LogP contribution in [0.2, 0.25) is 0 Å². The van der Waals surface area contributed by atoms with Gasteiger partial charge in [-0.15, -0.1) is 0 Å². The fraction of sp³-hybridized carbons (Fsp3) is 0.364. The van der Waals surface area contributed by atoms with Gasteiger partial charge in [0.1, 0.15) is 6.04 Å². The van der Waals surface area contributed by atoms with E-state index in [4.69, 9.17) is 0 Å². The molecule has 3 saturated heterocycles. The van der Waals surface area contributed by atoms with Crippen molar-refractivity contribution >= 4 is 17.5 Å². The lowest BCUT2D eigenvalue weighted by molar-refractivity contribution is -0.126. The Morgan fingerprint density at radius 1 is 0.815 bits per heavy atom. The maximum absolute atomic E-state index is 13.4. The van der Waals surface area contributed by atoms with E-state index in [1.807, 2.05) is 31.2 Å². The van der Waals surface area contributed by atoms with Gasteiger partial charge in [-0.25, -0.2) is 14.9 Å². The average Bonchev–Trinajstić information content (AvgIpc) is 3.28. The summed E-state index contributed by atoms with van der Waals surface area (Å²) in [5, 5.41) is 4.40. The lowest BCUT2D eigenvalue weighted by Gasteiger charge is -2.29. The van der Waals surface area contributed by atoms with Crippen LogP contribution in [0.5, 0.6) is 0 Å². The fourth-order valence-electron chi connectivity index (χ4n) is 4.90. The van der Waals surface area contributed by atoms with Crippen LogP contribution in [0.25, 0.3) is 0 Å². The molecule has 0 N–H and O–H groups in total. The summed E-state index contributed by atoms with van der Waals surface area (Å²) in [6, 6.07) is 15.6. The van der Waals surface area contributed by atoms with E-state index in [0.717, 1.165) is 30.6 Å². The lowest BCUT2D eigenvalue weighted by Crippen LogP contribution is -2.44. The highest BCUT2D eigenvalue weighted by molar-refractivity contribution is 6.24. The molecule has 5 nitrogen and oxygen atoms in total. The molecule has 0 bridgehead atoms. The predicted molar refractivity (Wildman–Crippen MR) is 103 cm³/mol. The molecule has 3 aliphatic rings. The van der Waals surface area contributed by atoms with Crippen LogP contribution >= 0.6 is 0 Å². The Hall–Kier alpha value is -2.50. The van der Waals surface area contributed by atoms with Crippen LogP contribution in [0.3, 0.4) is 0 Å². The maximum Gasteiger partial charge on any atom is 0.253 e. The molecule has 3 atom stereocenters. The van der Waals surface area contributed by atoms with Gasteiger partial charge in [-0.1, -0.05) is 42.0 Å². The van der Waals surface area contributed by atoms with Crippen molar-refractivity contribution in [1.82, 2.24) is 10.0 Å². The highest BCUT2D eigenvalue weighted by Gasteiger charge is 2.62. The number of hydrogen-bond donors (Lipinski definition) is 0. The molecule has 5 heteroatoms. The first-order valence-electron chi connectivity index (χ1n) is 9.60. The van der Waals surface area contributed by atoms with Gasteiger partial charge in [0.05, 0.1) is 17.6 Å². The first-order valence-corrected chi connectivity index (χ1v) is 9.60. The van der Waals surface area contributed by atoms with Crippen LogP contribution in [0.15, 0.2) is 48.5 Å². The van der Waals surface area contributed by atoms with Crippen molar-refractivity contribution in [2.24, 2.45) is 5.92 Å². The van der Waals surface area contributed by atoms with Gasteiger partial charge >= 0.3 is 0 Å². The number of fused-ring (bicyclic) bond motifs is 3. The molecule has 3 heterocycles. The lowest BCUT2D eigenvalue weighted by atomic mass is 9.89. The van der Waals surface area contributed by atoms with Crippen LogP contribution in [-0.2, 0) is 9.59 Å². The van der Waals surface area contributed by atoms with Gasteiger partial charge in [0.2, 0.25) is 5.91 Å². The summed E-state index contributed by atoms with van der Waals surface area (Å²) < 4.78 is 0. The van der Waals surface area contributed by atoms with E-state index in [1.54, 1.807) is 0 Å². The third-order valence-electron chi connectivity index (χ3n) is 6.08. The van der Waals surface area contributed by atoms with E-state index in [-0.39, 0.29) is 29.8 Å². The quantitative estimate of drug-likeness (QED) is 0.772. The molecule has 2 aromatic rings. The number of amides is 2. The molecule has 0 aliphatic carbocycles. The summed E-state index contributed by atoms with van der Waals surface area (Å²) in [6.07, 6.45) is 1.03. The molecule has 2 amide bonds. The molecule has 0 saturated carbocycles. The summed E-state index contributed by atoms with van der Waals surface area (Å²) >= 11 is 0. The Balaban J connectivity index is 1.59. The number of rotatable bonds is 2. The summed E-state index contributed by atoms with van der Waals surface area (Å²) in [5.41, 5.74) is 4.05. The zero-order valence-corrected chi connectivity index (χ0v) is 15.6. The molecule has 5 rings (SSSR count). The van der Waals surface area contributed by atoms with Gasteiger partial charge in [-0.3, -0.25) is 9.59 Å². The van der Waals surface area contributed by atoms with Crippen LogP contribution in [0.1, 0.15) is 29.2 Å². The average molecular weight is 361 g/mol. The van der Waals surface area contributed by atoms with E-state index < -0.39 is 0 Å². The van der Waals surface area contributed by atoms with Crippen molar-refractivity contribution in [2.45, 2.75) is 32.4 Å². The van der Waals surface area contributed by atoms with Crippen molar-refractivity contribution < 1.29 is 9.59 Å². The van der Waals surface area contributed by atoms with Crippen LogP contribution in [-0.4, -0.2) is 41.0 Å². The minimum Gasteiger partial charge on any atom is -0.274 e. The maximum atomic E-state index is 13.4. The molecular weight excluding hydrogens is 338 g/mol. The third-order valence-corrected chi connectivity index (χ3v) is 6.08. The van der Waals surface area contributed by atoms with E-state index >= 15 is 0 Å². The second-order valence-corrected chi connectivity index (χ2v) is 7.86. The van der Waals surface area contributed by atoms with Gasteiger partial charge in [-0.05, 0) is 43.5 Å². The Morgan fingerprint density at radius 3 is 2.22 bits per heavy atom. The summed E-state index contributed by atoms with van der Waals surface area (Å²) in [5.74, 6) is -0.506. The molecule has 0 aromatic heterocycles. The monoisotopic (exact) mass is 361 g/mol. The van der Waals surface area contributed by atoms with Gasteiger partial charge < -0.3 is 0 Å². The SMILES string of the molecule is Cc1ccc([C@H]2[C@@H]3C(=O)N(c4cccc(C)c4)C(=O)[C@@H]3N3CCCN23)cc1. The number of hydrogen-bond acceptors (Lipinski definition) is 4. The normalized spacial score (nSPS) is 28.1. The fourth-order valence-corrected chi connectivity index (χ4v) is 4.90. The standard InChI is InChI=1S/C22H23N3O2/c1-14-7-9-16(10-8-14)19-18-20(24-12-4-11-23(19)24)22(27)25(21(18)26)17-6-3-5-15(2)13-17/h3,5-10,13,18-20H,4,11-12H2,1-2H3/t18-,19-,20+/m0/s1. The van der Waals surface area contributed by atoms with Crippen molar-refractivity contribution in [3.8, 4) is 0 Å². The number of carbonyl (C=O) groups excluding carboxylic acids is 2. The Kier molecular flexibility index (Phi) is 3.71.